The molecule has 1 unspecified atom stereocenters. The van der Waals surface area contributed by atoms with E-state index in [0.29, 0.717) is 6.61 Å². The van der Waals surface area contributed by atoms with Crippen LogP contribution >= 0.6 is 0 Å². The molecule has 3 heteroatoms. The third-order valence-electron chi connectivity index (χ3n) is 1.34. The Morgan fingerprint density at radius 3 is 2.67 bits per heavy atom. The molecule has 0 bridgehead atoms. The second-order valence-corrected chi connectivity index (χ2v) is 2.40. The van der Waals surface area contributed by atoms with Gasteiger partial charge in [-0.2, -0.15) is 0 Å². The van der Waals surface area contributed by atoms with Crippen LogP contribution in [0.3, 0.4) is 0 Å². The van der Waals surface area contributed by atoms with E-state index in [9.17, 15) is 4.79 Å². The number of carbonyl (C=O) groups excluding carboxylic acids is 1. The van der Waals surface area contributed by atoms with Crippen LogP contribution in [0.15, 0.2) is 12.7 Å². The summed E-state index contributed by atoms with van der Waals surface area (Å²) in [6.07, 6.45) is 2.29. The summed E-state index contributed by atoms with van der Waals surface area (Å²) in [6, 6.07) is 0. The van der Waals surface area contributed by atoms with E-state index in [1.165, 1.54) is 0 Å². The van der Waals surface area contributed by atoms with E-state index in [-0.39, 0.29) is 6.10 Å². The van der Waals surface area contributed by atoms with Gasteiger partial charge in [0, 0.05) is 0 Å². The average molecular weight is 172 g/mol. The second kappa shape index (κ2) is 6.70. The summed E-state index contributed by atoms with van der Waals surface area (Å²) in [5.74, 6) is 0. The molecule has 0 heterocycles. The SMILES string of the molecule is C=CC(CC)OC(=O)OCCC. The fourth-order valence-corrected chi connectivity index (χ4v) is 0.641. The van der Waals surface area contributed by atoms with Crippen LogP contribution < -0.4 is 0 Å². The van der Waals surface area contributed by atoms with Gasteiger partial charge in [0.05, 0.1) is 6.61 Å². The van der Waals surface area contributed by atoms with E-state index >= 15 is 0 Å². The Labute approximate surface area is 73.4 Å². The van der Waals surface area contributed by atoms with E-state index in [1.54, 1.807) is 6.08 Å². The molecule has 0 aromatic carbocycles. The molecule has 0 aliphatic carbocycles. The van der Waals surface area contributed by atoms with Gasteiger partial charge in [-0.1, -0.05) is 26.5 Å². The van der Waals surface area contributed by atoms with Crippen LogP contribution in [0.1, 0.15) is 26.7 Å². The van der Waals surface area contributed by atoms with Gasteiger partial charge in [0.2, 0.25) is 0 Å². The van der Waals surface area contributed by atoms with Crippen molar-refractivity contribution in [3.05, 3.63) is 12.7 Å². The molecule has 0 rings (SSSR count). The van der Waals surface area contributed by atoms with Crippen LogP contribution in [0.25, 0.3) is 0 Å². The minimum absolute atomic E-state index is 0.227. The first-order valence-electron chi connectivity index (χ1n) is 4.20. The molecule has 0 aliphatic rings. The zero-order valence-corrected chi connectivity index (χ0v) is 7.71. The topological polar surface area (TPSA) is 35.5 Å². The summed E-state index contributed by atoms with van der Waals surface area (Å²) in [5, 5.41) is 0. The van der Waals surface area contributed by atoms with Crippen molar-refractivity contribution in [3.8, 4) is 0 Å². The Morgan fingerprint density at radius 1 is 1.58 bits per heavy atom. The van der Waals surface area contributed by atoms with Crippen molar-refractivity contribution in [3.63, 3.8) is 0 Å². The molecule has 3 nitrogen and oxygen atoms in total. The maximum Gasteiger partial charge on any atom is 0.508 e. The number of carbonyl (C=O) groups is 1. The highest BCUT2D eigenvalue weighted by Gasteiger charge is 2.08. The van der Waals surface area contributed by atoms with Crippen molar-refractivity contribution in [1.29, 1.82) is 0 Å². The molecule has 0 radical (unpaired) electrons. The molecule has 0 saturated carbocycles. The summed E-state index contributed by atoms with van der Waals surface area (Å²) < 4.78 is 9.59. The van der Waals surface area contributed by atoms with Gasteiger partial charge in [-0.3, -0.25) is 0 Å². The molecule has 0 N–H and O–H groups in total. The third kappa shape index (κ3) is 4.77. The summed E-state index contributed by atoms with van der Waals surface area (Å²) in [7, 11) is 0. The smallest absolute Gasteiger partial charge is 0.434 e. The van der Waals surface area contributed by atoms with E-state index in [4.69, 9.17) is 9.47 Å². The molecular formula is C9H16O3. The van der Waals surface area contributed by atoms with Crippen molar-refractivity contribution < 1.29 is 14.3 Å². The molecule has 12 heavy (non-hydrogen) atoms. The van der Waals surface area contributed by atoms with Gasteiger partial charge in [0.25, 0.3) is 0 Å². The van der Waals surface area contributed by atoms with Crippen LogP contribution in [0.2, 0.25) is 0 Å². The zero-order chi connectivity index (χ0) is 9.40. The zero-order valence-electron chi connectivity index (χ0n) is 7.71. The Kier molecular flexibility index (Phi) is 6.15. The molecule has 1 atom stereocenters. The van der Waals surface area contributed by atoms with Gasteiger partial charge in [-0.15, -0.1) is 0 Å². The molecule has 0 aliphatic heterocycles. The number of rotatable bonds is 5. The third-order valence-corrected chi connectivity index (χ3v) is 1.34. The normalized spacial score (nSPS) is 11.8. The van der Waals surface area contributed by atoms with Crippen LogP contribution in [-0.2, 0) is 9.47 Å². The molecular weight excluding hydrogens is 156 g/mol. The quantitative estimate of drug-likeness (QED) is 0.472. The lowest BCUT2D eigenvalue weighted by molar-refractivity contribution is 0.0365. The van der Waals surface area contributed by atoms with E-state index in [0.717, 1.165) is 12.8 Å². The highest BCUT2D eigenvalue weighted by molar-refractivity contribution is 5.60. The lowest BCUT2D eigenvalue weighted by atomic mass is 10.3. The van der Waals surface area contributed by atoms with E-state index in [2.05, 4.69) is 6.58 Å². The average Bonchev–Trinajstić information content (AvgIpc) is 2.10. The van der Waals surface area contributed by atoms with Crippen molar-refractivity contribution in [2.45, 2.75) is 32.8 Å². The first-order chi connectivity index (χ1) is 5.74. The molecule has 0 aromatic rings. The fourth-order valence-electron chi connectivity index (χ4n) is 0.641. The van der Waals surface area contributed by atoms with Crippen molar-refractivity contribution in [2.75, 3.05) is 6.61 Å². The van der Waals surface area contributed by atoms with E-state index in [1.807, 2.05) is 13.8 Å². The number of ether oxygens (including phenoxy) is 2. The molecule has 0 fully saturated rings. The minimum Gasteiger partial charge on any atom is -0.434 e. The molecule has 0 saturated heterocycles. The first-order valence-corrected chi connectivity index (χ1v) is 4.20. The second-order valence-electron chi connectivity index (χ2n) is 2.40. The Bertz CT molecular complexity index is 143. The highest BCUT2D eigenvalue weighted by Crippen LogP contribution is 2.00. The first kappa shape index (κ1) is 11.0. The van der Waals surface area contributed by atoms with Crippen molar-refractivity contribution in [1.82, 2.24) is 0 Å². The minimum atomic E-state index is -0.608. The van der Waals surface area contributed by atoms with Gasteiger partial charge in [0.15, 0.2) is 0 Å². The predicted molar refractivity (Wildman–Crippen MR) is 47.0 cm³/mol. The van der Waals surface area contributed by atoms with E-state index < -0.39 is 6.16 Å². The molecule has 70 valence electrons. The van der Waals surface area contributed by atoms with Crippen LogP contribution in [-0.4, -0.2) is 18.9 Å². The maximum atomic E-state index is 10.8. The standard InChI is InChI=1S/C9H16O3/c1-4-7-11-9(10)12-8(5-2)6-3/h5,8H,2,4,6-7H2,1,3H3. The summed E-state index contributed by atoms with van der Waals surface area (Å²) >= 11 is 0. The largest absolute Gasteiger partial charge is 0.508 e. The monoisotopic (exact) mass is 172 g/mol. The lowest BCUT2D eigenvalue weighted by Gasteiger charge is -2.10. The van der Waals surface area contributed by atoms with Gasteiger partial charge in [0.1, 0.15) is 6.10 Å². The lowest BCUT2D eigenvalue weighted by Crippen LogP contribution is -2.16. The summed E-state index contributed by atoms with van der Waals surface area (Å²) in [5.41, 5.74) is 0. The Morgan fingerprint density at radius 2 is 2.25 bits per heavy atom. The van der Waals surface area contributed by atoms with Crippen LogP contribution in [0, 0.1) is 0 Å². The van der Waals surface area contributed by atoms with Crippen molar-refractivity contribution in [2.24, 2.45) is 0 Å². The van der Waals surface area contributed by atoms with Crippen LogP contribution in [0.4, 0.5) is 4.79 Å². The van der Waals surface area contributed by atoms with Gasteiger partial charge in [-0.25, -0.2) is 4.79 Å². The van der Waals surface area contributed by atoms with Crippen molar-refractivity contribution >= 4 is 6.16 Å². The Balaban J connectivity index is 3.58. The van der Waals surface area contributed by atoms with Crippen LogP contribution in [0.5, 0.6) is 0 Å². The van der Waals surface area contributed by atoms with Gasteiger partial charge < -0.3 is 9.47 Å². The number of hydrogen-bond acceptors (Lipinski definition) is 3. The molecule has 0 amide bonds. The fraction of sp³-hybridized carbons (Fsp3) is 0.667. The summed E-state index contributed by atoms with van der Waals surface area (Å²) in [4.78, 5) is 10.8. The Hall–Kier alpha value is -0.990. The molecule has 0 spiro atoms. The number of hydrogen-bond donors (Lipinski definition) is 0. The molecule has 0 aromatic heterocycles. The summed E-state index contributed by atoms with van der Waals surface area (Å²) in [6.45, 7) is 7.79. The van der Waals surface area contributed by atoms with Gasteiger partial charge in [-0.05, 0) is 12.8 Å². The maximum absolute atomic E-state index is 10.8. The van der Waals surface area contributed by atoms with Gasteiger partial charge >= 0.3 is 6.16 Å². The highest BCUT2D eigenvalue weighted by atomic mass is 16.7. The predicted octanol–water partition coefficient (Wildman–Crippen LogP) is 2.51.